The van der Waals surface area contributed by atoms with Crippen molar-refractivity contribution in [1.29, 1.82) is 0 Å². The summed E-state index contributed by atoms with van der Waals surface area (Å²) in [5.41, 5.74) is 0.664. The second-order valence-electron chi connectivity index (χ2n) is 3.04. The molecule has 0 spiro atoms. The molecule has 0 aromatic heterocycles. The summed E-state index contributed by atoms with van der Waals surface area (Å²) in [6.45, 7) is 0.542. The molecule has 0 atom stereocenters. The summed E-state index contributed by atoms with van der Waals surface area (Å²) >= 11 is 0. The molecule has 1 aromatic rings. The van der Waals surface area contributed by atoms with Gasteiger partial charge in [-0.05, 0) is 38.4 Å². The van der Waals surface area contributed by atoms with Crippen molar-refractivity contribution >= 4 is 6.29 Å². The van der Waals surface area contributed by atoms with Crippen LogP contribution < -0.4 is 4.74 Å². The molecule has 0 saturated carbocycles. The van der Waals surface area contributed by atoms with Gasteiger partial charge in [0.05, 0.1) is 0 Å². The third-order valence-corrected chi connectivity index (χ3v) is 1.51. The molecule has 0 amide bonds. The Balaban J connectivity index is 2.54. The van der Waals surface area contributed by atoms with Crippen molar-refractivity contribution in [2.24, 2.45) is 0 Å². The van der Waals surface area contributed by atoms with Crippen molar-refractivity contribution in [3.63, 3.8) is 0 Å². The number of rotatable bonds is 4. The van der Waals surface area contributed by atoms with Crippen LogP contribution in [0.1, 0.15) is 10.4 Å². The van der Waals surface area contributed by atoms with E-state index in [0.29, 0.717) is 12.3 Å². The second-order valence-corrected chi connectivity index (χ2v) is 3.04. The average Bonchev–Trinajstić information content (AvgIpc) is 2.15. The van der Waals surface area contributed by atoms with Gasteiger partial charge in [0.25, 0.3) is 0 Å². The number of benzene rings is 1. The van der Waals surface area contributed by atoms with E-state index in [9.17, 15) is 4.79 Å². The fraction of sp³-hybridized carbons (Fsp3) is 0.300. The minimum absolute atomic E-state index is 0.542. The lowest BCUT2D eigenvalue weighted by Crippen LogP contribution is -2.18. The summed E-state index contributed by atoms with van der Waals surface area (Å²) in [6.07, 6.45) is 0.815. The molecule has 1 aromatic carbocycles. The molecule has 0 bridgehead atoms. The van der Waals surface area contributed by atoms with E-state index < -0.39 is 0 Å². The predicted molar refractivity (Wildman–Crippen MR) is 51.0 cm³/mol. The molecule has 0 unspecified atom stereocenters. The summed E-state index contributed by atoms with van der Waals surface area (Å²) in [4.78, 5) is 12.3. The highest BCUT2D eigenvalue weighted by molar-refractivity contribution is 5.74. The Kier molecular flexibility index (Phi) is 3.46. The van der Waals surface area contributed by atoms with Crippen molar-refractivity contribution in [2.75, 3.05) is 20.8 Å². The van der Waals surface area contributed by atoms with Gasteiger partial charge in [0.1, 0.15) is 18.8 Å². The molecule has 0 aliphatic rings. The van der Waals surface area contributed by atoms with E-state index in [1.807, 2.05) is 19.0 Å². The van der Waals surface area contributed by atoms with E-state index in [1.165, 1.54) is 0 Å². The summed E-state index contributed by atoms with van der Waals surface area (Å²) in [5, 5.41) is 0. The molecule has 0 aliphatic carbocycles. The summed E-state index contributed by atoms with van der Waals surface area (Å²) < 4.78 is 5.38. The largest absolute Gasteiger partial charge is 0.478 e. The maximum absolute atomic E-state index is 10.3. The Labute approximate surface area is 77.9 Å². The lowest BCUT2D eigenvalue weighted by molar-refractivity contribution is 0.112. The quantitative estimate of drug-likeness (QED) is 0.517. The van der Waals surface area contributed by atoms with Crippen LogP contribution in [0.5, 0.6) is 5.75 Å². The zero-order valence-electron chi connectivity index (χ0n) is 7.86. The van der Waals surface area contributed by atoms with Crippen LogP contribution in [0.3, 0.4) is 0 Å². The lowest BCUT2D eigenvalue weighted by atomic mass is 10.2. The van der Waals surface area contributed by atoms with Crippen LogP contribution in [0.25, 0.3) is 0 Å². The van der Waals surface area contributed by atoms with Gasteiger partial charge in [-0.1, -0.05) is 0 Å². The van der Waals surface area contributed by atoms with Gasteiger partial charge >= 0.3 is 0 Å². The molecule has 0 heterocycles. The maximum atomic E-state index is 10.3. The predicted octanol–water partition coefficient (Wildman–Crippen LogP) is 1.40. The number of carbonyl (C=O) groups excluding carboxylic acids is 1. The zero-order chi connectivity index (χ0) is 9.68. The first-order valence-corrected chi connectivity index (χ1v) is 4.05. The molecular weight excluding hydrogens is 166 g/mol. The molecule has 1 rings (SSSR count). The van der Waals surface area contributed by atoms with Gasteiger partial charge < -0.3 is 4.74 Å². The van der Waals surface area contributed by atoms with E-state index in [1.54, 1.807) is 24.3 Å². The number of hydrogen-bond donors (Lipinski definition) is 0. The SMILES string of the molecule is CN(C)COc1ccc(C=O)cc1. The van der Waals surface area contributed by atoms with Crippen molar-refractivity contribution in [3.8, 4) is 5.75 Å². The van der Waals surface area contributed by atoms with E-state index in [-0.39, 0.29) is 0 Å². The molecule has 3 nitrogen and oxygen atoms in total. The number of aldehydes is 1. The maximum Gasteiger partial charge on any atom is 0.150 e. The summed E-state index contributed by atoms with van der Waals surface area (Å²) in [7, 11) is 3.86. The van der Waals surface area contributed by atoms with E-state index in [0.717, 1.165) is 12.0 Å². The van der Waals surface area contributed by atoms with Crippen LogP contribution in [0.2, 0.25) is 0 Å². The molecule has 0 radical (unpaired) electrons. The molecule has 13 heavy (non-hydrogen) atoms. The van der Waals surface area contributed by atoms with Crippen molar-refractivity contribution in [1.82, 2.24) is 4.90 Å². The highest BCUT2D eigenvalue weighted by Gasteiger charge is 1.94. The standard InChI is InChI=1S/C10H13NO2/c1-11(2)8-13-10-5-3-9(7-12)4-6-10/h3-7H,8H2,1-2H3. The second kappa shape index (κ2) is 4.62. The fourth-order valence-electron chi connectivity index (χ4n) is 0.846. The highest BCUT2D eigenvalue weighted by Crippen LogP contribution is 2.10. The van der Waals surface area contributed by atoms with Crippen LogP contribution in [-0.4, -0.2) is 32.0 Å². The Morgan fingerprint density at radius 3 is 2.38 bits per heavy atom. The molecule has 0 aliphatic heterocycles. The normalized spacial score (nSPS) is 10.1. The van der Waals surface area contributed by atoms with Gasteiger partial charge in [-0.25, -0.2) is 0 Å². The monoisotopic (exact) mass is 179 g/mol. The number of ether oxygens (including phenoxy) is 1. The third-order valence-electron chi connectivity index (χ3n) is 1.51. The summed E-state index contributed by atoms with van der Waals surface area (Å²) in [6, 6.07) is 7.04. The Hall–Kier alpha value is -1.35. The van der Waals surface area contributed by atoms with Crippen LogP contribution >= 0.6 is 0 Å². The molecule has 0 saturated heterocycles. The van der Waals surface area contributed by atoms with Gasteiger partial charge in [-0.3, -0.25) is 9.69 Å². The van der Waals surface area contributed by atoms with Crippen molar-refractivity contribution in [3.05, 3.63) is 29.8 Å². The van der Waals surface area contributed by atoms with Crippen LogP contribution in [0.15, 0.2) is 24.3 Å². The number of nitrogens with zero attached hydrogens (tertiary/aromatic N) is 1. The Morgan fingerprint density at radius 1 is 1.31 bits per heavy atom. The van der Waals surface area contributed by atoms with E-state index >= 15 is 0 Å². The van der Waals surface area contributed by atoms with Gasteiger partial charge in [0.15, 0.2) is 0 Å². The first-order valence-electron chi connectivity index (χ1n) is 4.05. The average molecular weight is 179 g/mol. The van der Waals surface area contributed by atoms with Gasteiger partial charge in [0.2, 0.25) is 0 Å². The topological polar surface area (TPSA) is 29.5 Å². The minimum atomic E-state index is 0.542. The van der Waals surface area contributed by atoms with E-state index in [2.05, 4.69) is 0 Å². The van der Waals surface area contributed by atoms with Gasteiger partial charge in [-0.2, -0.15) is 0 Å². The molecular formula is C10H13NO2. The molecule has 0 N–H and O–H groups in total. The van der Waals surface area contributed by atoms with Gasteiger partial charge in [-0.15, -0.1) is 0 Å². The highest BCUT2D eigenvalue weighted by atomic mass is 16.5. The van der Waals surface area contributed by atoms with Crippen LogP contribution in [-0.2, 0) is 0 Å². The molecule has 70 valence electrons. The minimum Gasteiger partial charge on any atom is -0.478 e. The first-order chi connectivity index (χ1) is 6.22. The van der Waals surface area contributed by atoms with Crippen molar-refractivity contribution in [2.45, 2.75) is 0 Å². The lowest BCUT2D eigenvalue weighted by Gasteiger charge is -2.11. The van der Waals surface area contributed by atoms with E-state index in [4.69, 9.17) is 4.74 Å². The smallest absolute Gasteiger partial charge is 0.150 e. The third kappa shape index (κ3) is 3.25. The van der Waals surface area contributed by atoms with Crippen LogP contribution in [0, 0.1) is 0 Å². The Bertz CT molecular complexity index is 267. The zero-order valence-corrected chi connectivity index (χ0v) is 7.86. The number of hydrogen-bond acceptors (Lipinski definition) is 3. The fourth-order valence-corrected chi connectivity index (χ4v) is 0.846. The molecule has 0 fully saturated rings. The number of carbonyl (C=O) groups is 1. The first kappa shape index (κ1) is 9.74. The van der Waals surface area contributed by atoms with Crippen LogP contribution in [0.4, 0.5) is 0 Å². The molecule has 3 heteroatoms. The van der Waals surface area contributed by atoms with Gasteiger partial charge in [0, 0.05) is 5.56 Å². The Morgan fingerprint density at radius 2 is 1.92 bits per heavy atom. The summed E-state index contributed by atoms with van der Waals surface area (Å²) in [5.74, 6) is 0.777. The van der Waals surface area contributed by atoms with Crippen molar-refractivity contribution < 1.29 is 9.53 Å².